The molecule has 2 aromatic rings. The fraction of sp³-hybridized carbons (Fsp3) is 0.333. The molecule has 1 unspecified atom stereocenters. The summed E-state index contributed by atoms with van der Waals surface area (Å²) in [5, 5.41) is 0. The predicted molar refractivity (Wildman–Crippen MR) is 122 cm³/mol. The smallest absolute Gasteiger partial charge is 0.313 e. The molecular weight excluding hydrogens is 434 g/mol. The quantitative estimate of drug-likeness (QED) is 0.586. The Labute approximate surface area is 190 Å². The van der Waals surface area contributed by atoms with Crippen molar-refractivity contribution in [3.05, 3.63) is 74.6 Å². The summed E-state index contributed by atoms with van der Waals surface area (Å²) in [7, 11) is 1.63. The lowest BCUT2D eigenvalue weighted by Crippen LogP contribution is -2.43. The first-order chi connectivity index (χ1) is 14.9. The van der Waals surface area contributed by atoms with Gasteiger partial charge in [0.25, 0.3) is 0 Å². The van der Waals surface area contributed by atoms with Crippen LogP contribution >= 0.6 is 22.9 Å². The van der Waals surface area contributed by atoms with Crippen LogP contribution in [0.15, 0.2) is 54.3 Å². The molecule has 1 atom stereocenters. The minimum Gasteiger partial charge on any atom is -0.500 e. The van der Waals surface area contributed by atoms with Gasteiger partial charge < -0.3 is 15.2 Å². The number of benzene rings is 1. The van der Waals surface area contributed by atoms with Crippen LogP contribution in [0.25, 0.3) is 5.57 Å². The Morgan fingerprint density at radius 1 is 1.23 bits per heavy atom. The SMILES string of the molecule is CCOC(=O)C1(C2(c3sc(Cl)cc3C(N)=O)C=CC(c3ccccc3)=C(OC)C2)CC1. The molecule has 2 aliphatic rings. The molecule has 0 spiro atoms. The zero-order valence-corrected chi connectivity index (χ0v) is 19.0. The maximum Gasteiger partial charge on any atom is 0.313 e. The highest BCUT2D eigenvalue weighted by Gasteiger charge is 2.67. The Balaban J connectivity index is 1.91. The molecule has 162 valence electrons. The van der Waals surface area contributed by atoms with Crippen molar-refractivity contribution in [2.24, 2.45) is 11.1 Å². The standard InChI is InChI=1S/C24H24ClNO4S/c1-3-30-22(28)23(11-12-23)24(20-17(21(26)27)13-19(25)31-20)10-9-16(18(14-24)29-2)15-7-5-4-6-8-15/h4-10,13H,3,11-12,14H2,1-2H3,(H2,26,27). The number of esters is 1. The van der Waals surface area contributed by atoms with Crippen LogP contribution < -0.4 is 5.73 Å². The lowest BCUT2D eigenvalue weighted by atomic mass is 9.64. The van der Waals surface area contributed by atoms with E-state index < -0.39 is 16.7 Å². The minimum atomic E-state index is -0.828. The molecule has 31 heavy (non-hydrogen) atoms. The van der Waals surface area contributed by atoms with Crippen LogP contribution in [-0.4, -0.2) is 25.6 Å². The van der Waals surface area contributed by atoms with Crippen LogP contribution in [0.4, 0.5) is 0 Å². The molecule has 1 aromatic heterocycles. The highest BCUT2D eigenvalue weighted by molar-refractivity contribution is 7.16. The van der Waals surface area contributed by atoms with Crippen LogP contribution in [0.3, 0.4) is 0 Å². The Bertz CT molecular complexity index is 1080. The van der Waals surface area contributed by atoms with Gasteiger partial charge in [-0.3, -0.25) is 9.59 Å². The van der Waals surface area contributed by atoms with Crippen molar-refractivity contribution >= 4 is 40.4 Å². The van der Waals surface area contributed by atoms with E-state index in [0.717, 1.165) is 16.9 Å². The monoisotopic (exact) mass is 457 g/mol. The van der Waals surface area contributed by atoms with Crippen molar-refractivity contribution in [1.82, 2.24) is 0 Å². The van der Waals surface area contributed by atoms with Gasteiger partial charge in [-0.25, -0.2) is 0 Å². The number of primary amides is 1. The summed E-state index contributed by atoms with van der Waals surface area (Å²) in [6.07, 6.45) is 5.72. The maximum absolute atomic E-state index is 13.2. The molecule has 2 N–H and O–H groups in total. The number of hydrogen-bond donors (Lipinski definition) is 1. The van der Waals surface area contributed by atoms with E-state index >= 15 is 0 Å². The summed E-state index contributed by atoms with van der Waals surface area (Å²) in [5.41, 5.74) is 6.39. The van der Waals surface area contributed by atoms with E-state index in [1.807, 2.05) is 42.5 Å². The first kappa shape index (κ1) is 21.7. The van der Waals surface area contributed by atoms with Crippen molar-refractivity contribution in [2.45, 2.75) is 31.6 Å². The van der Waals surface area contributed by atoms with Crippen molar-refractivity contribution in [2.75, 3.05) is 13.7 Å². The average molecular weight is 458 g/mol. The highest BCUT2D eigenvalue weighted by Crippen LogP contribution is 2.66. The van der Waals surface area contributed by atoms with E-state index in [1.54, 1.807) is 20.1 Å². The lowest BCUT2D eigenvalue weighted by molar-refractivity contribution is -0.152. The maximum atomic E-state index is 13.2. The van der Waals surface area contributed by atoms with Gasteiger partial charge >= 0.3 is 5.97 Å². The summed E-state index contributed by atoms with van der Waals surface area (Å²) >= 11 is 7.61. The third-order valence-corrected chi connectivity index (χ3v) is 7.69. The van der Waals surface area contributed by atoms with Gasteiger partial charge in [0.05, 0.1) is 29.0 Å². The van der Waals surface area contributed by atoms with Crippen LogP contribution in [0, 0.1) is 5.41 Å². The Hall–Kier alpha value is -2.57. The zero-order chi connectivity index (χ0) is 22.2. The van der Waals surface area contributed by atoms with Crippen molar-refractivity contribution in [3.63, 3.8) is 0 Å². The van der Waals surface area contributed by atoms with Crippen LogP contribution in [0.1, 0.15) is 47.0 Å². The first-order valence-electron chi connectivity index (χ1n) is 10.2. The highest BCUT2D eigenvalue weighted by atomic mass is 35.5. The van der Waals surface area contributed by atoms with Crippen LogP contribution in [-0.2, 0) is 19.7 Å². The topological polar surface area (TPSA) is 78.6 Å². The molecular formula is C24H24ClNO4S. The summed E-state index contributed by atoms with van der Waals surface area (Å²) in [6, 6.07) is 11.5. The number of hydrogen-bond acceptors (Lipinski definition) is 5. The molecule has 2 aliphatic carbocycles. The molecule has 1 saturated carbocycles. The second-order valence-electron chi connectivity index (χ2n) is 7.85. The molecule has 5 nitrogen and oxygen atoms in total. The number of amides is 1. The van der Waals surface area contributed by atoms with Gasteiger partial charge in [0.1, 0.15) is 5.76 Å². The molecule has 1 aromatic carbocycles. The number of thiophene rings is 1. The molecule has 0 bridgehead atoms. The molecule has 1 amide bonds. The first-order valence-corrected chi connectivity index (χ1v) is 11.4. The number of rotatable bonds is 7. The minimum absolute atomic E-state index is 0.266. The van der Waals surface area contributed by atoms with Gasteiger partial charge in [0.2, 0.25) is 5.91 Å². The van der Waals surface area contributed by atoms with E-state index in [2.05, 4.69) is 0 Å². The van der Waals surface area contributed by atoms with E-state index in [1.165, 1.54) is 11.3 Å². The van der Waals surface area contributed by atoms with Gasteiger partial charge in [-0.1, -0.05) is 54.1 Å². The third-order valence-electron chi connectivity index (χ3n) is 6.25. The zero-order valence-electron chi connectivity index (χ0n) is 17.4. The van der Waals surface area contributed by atoms with Crippen LogP contribution in [0.5, 0.6) is 0 Å². The molecule has 1 fully saturated rings. The van der Waals surface area contributed by atoms with E-state index in [0.29, 0.717) is 34.0 Å². The van der Waals surface area contributed by atoms with Crippen LogP contribution in [0.2, 0.25) is 4.34 Å². The fourth-order valence-corrected chi connectivity index (χ4v) is 6.09. The van der Waals surface area contributed by atoms with E-state index in [-0.39, 0.29) is 12.6 Å². The van der Waals surface area contributed by atoms with Crippen molar-refractivity contribution in [3.8, 4) is 0 Å². The van der Waals surface area contributed by atoms with E-state index in [9.17, 15) is 9.59 Å². The Morgan fingerprint density at radius 2 is 1.94 bits per heavy atom. The average Bonchev–Trinajstić information content (AvgIpc) is 3.50. The number of allylic oxidation sites excluding steroid dienone is 4. The van der Waals surface area contributed by atoms with Gasteiger partial charge in [-0.15, -0.1) is 11.3 Å². The van der Waals surface area contributed by atoms with Crippen molar-refractivity contribution in [1.29, 1.82) is 0 Å². The second kappa shape index (κ2) is 8.17. The number of nitrogens with two attached hydrogens (primary N) is 1. The molecule has 0 radical (unpaired) electrons. The summed E-state index contributed by atoms with van der Waals surface area (Å²) in [4.78, 5) is 26.2. The normalized spacial score (nSPS) is 21.6. The van der Waals surface area contributed by atoms with Gasteiger partial charge in [-0.2, -0.15) is 0 Å². The number of carbonyl (C=O) groups excluding carboxylic acids is 2. The summed E-state index contributed by atoms with van der Waals surface area (Å²) < 4.78 is 11.8. The molecule has 0 saturated heterocycles. The van der Waals surface area contributed by atoms with Gasteiger partial charge in [0, 0.05) is 22.3 Å². The Morgan fingerprint density at radius 3 is 2.52 bits per heavy atom. The molecule has 1 heterocycles. The van der Waals surface area contributed by atoms with Gasteiger partial charge in [0.15, 0.2) is 0 Å². The molecule has 4 rings (SSSR count). The Kier molecular flexibility index (Phi) is 5.71. The number of ether oxygens (including phenoxy) is 2. The number of carbonyl (C=O) groups is 2. The molecule has 7 heteroatoms. The third kappa shape index (κ3) is 3.48. The lowest BCUT2D eigenvalue weighted by Gasteiger charge is -2.40. The second-order valence-corrected chi connectivity index (χ2v) is 9.53. The summed E-state index contributed by atoms with van der Waals surface area (Å²) in [5.74, 6) is -0.0928. The number of halogens is 1. The van der Waals surface area contributed by atoms with Gasteiger partial charge in [-0.05, 0) is 31.4 Å². The predicted octanol–water partition coefficient (Wildman–Crippen LogP) is 5.10. The summed E-state index contributed by atoms with van der Waals surface area (Å²) in [6.45, 7) is 2.08. The fourth-order valence-electron chi connectivity index (χ4n) is 4.59. The van der Waals surface area contributed by atoms with Crippen molar-refractivity contribution < 1.29 is 19.1 Å². The molecule has 0 aliphatic heterocycles. The van der Waals surface area contributed by atoms with E-state index in [4.69, 9.17) is 26.8 Å². The number of methoxy groups -OCH3 is 1. The largest absolute Gasteiger partial charge is 0.500 e.